The average molecular weight is 270 g/mol. The molecule has 5 N–H and O–H groups in total. The van der Waals surface area contributed by atoms with Crippen molar-refractivity contribution in [2.24, 2.45) is 10.7 Å². The van der Waals surface area contributed by atoms with Gasteiger partial charge in [0.2, 0.25) is 0 Å². The molecule has 0 bridgehead atoms. The number of benzene rings is 1. The predicted octanol–water partition coefficient (Wildman–Crippen LogP) is 2.48. The van der Waals surface area contributed by atoms with Crippen LogP contribution in [-0.2, 0) is 0 Å². The number of aliphatic imine (C=N–C) groups is 1. The summed E-state index contributed by atoms with van der Waals surface area (Å²) in [6.45, 7) is 3.77. The van der Waals surface area contributed by atoms with E-state index in [-0.39, 0.29) is 0 Å². The number of nitrogens with zero attached hydrogens (tertiary/aromatic N) is 1. The third kappa shape index (κ3) is 2.56. The molecule has 0 amide bonds. The van der Waals surface area contributed by atoms with Gasteiger partial charge in [0.1, 0.15) is 11.4 Å². The Bertz CT molecular complexity index is 669. The number of aryl methyl sites for hydroxylation is 1. The van der Waals surface area contributed by atoms with Crippen LogP contribution >= 0.6 is 0 Å². The fourth-order valence-electron chi connectivity index (χ4n) is 1.88. The summed E-state index contributed by atoms with van der Waals surface area (Å²) in [5, 5.41) is 7.71. The Labute approximate surface area is 118 Å². The van der Waals surface area contributed by atoms with Gasteiger partial charge in [-0.05, 0) is 43.2 Å². The van der Waals surface area contributed by atoms with E-state index in [2.05, 4.69) is 4.99 Å². The number of hydrogen-bond donors (Lipinski definition) is 3. The molecule has 2 rings (SSSR count). The molecule has 0 radical (unpaired) electrons. The van der Waals surface area contributed by atoms with Crippen molar-refractivity contribution in [3.8, 4) is 5.75 Å². The van der Waals surface area contributed by atoms with E-state index in [4.69, 9.17) is 21.6 Å². The lowest BCUT2D eigenvalue weighted by atomic mass is 10.0. The Balaban J connectivity index is 2.53. The Kier molecular flexibility index (Phi) is 3.61. The molecule has 1 aromatic carbocycles. The second-order valence-corrected chi connectivity index (χ2v) is 4.72. The van der Waals surface area contributed by atoms with E-state index in [1.165, 1.54) is 0 Å². The summed E-state index contributed by atoms with van der Waals surface area (Å²) in [5.74, 6) is 0.597. The lowest BCUT2D eigenvalue weighted by molar-refractivity contribution is 0.416. The molecule has 5 nitrogen and oxygen atoms in total. The standard InChI is InChI=1S/C15H18N4O/c1-8-4-13(12(18)6-10(8)16)19-14-5-9(2)11(17)7-15(14)20-3/h4-7,16H,17-18H2,1-3H3. The molecule has 0 aliphatic heterocycles. The number of anilines is 1. The van der Waals surface area contributed by atoms with Gasteiger partial charge in [0.25, 0.3) is 0 Å². The predicted molar refractivity (Wildman–Crippen MR) is 83.0 cm³/mol. The first-order valence-corrected chi connectivity index (χ1v) is 6.20. The highest BCUT2D eigenvalue weighted by Gasteiger charge is 2.13. The molecule has 0 saturated carbocycles. The largest absolute Gasteiger partial charge is 0.494 e. The van der Waals surface area contributed by atoms with Gasteiger partial charge in [-0.1, -0.05) is 0 Å². The monoisotopic (exact) mass is 270 g/mol. The Morgan fingerprint density at radius 1 is 1.15 bits per heavy atom. The molecule has 0 fully saturated rings. The van der Waals surface area contributed by atoms with E-state index in [0.717, 1.165) is 11.1 Å². The number of methoxy groups -OCH3 is 1. The average Bonchev–Trinajstić information content (AvgIpc) is 2.39. The second-order valence-electron chi connectivity index (χ2n) is 4.72. The van der Waals surface area contributed by atoms with Crippen LogP contribution in [0.4, 0.5) is 11.4 Å². The summed E-state index contributed by atoms with van der Waals surface area (Å²) < 4.78 is 5.30. The van der Waals surface area contributed by atoms with Crippen LogP contribution in [0.5, 0.6) is 5.75 Å². The SMILES string of the molecule is COc1cc(N)c(C)cc1N=C1C=C(C)C(=N)C=C1N. The van der Waals surface area contributed by atoms with E-state index in [9.17, 15) is 0 Å². The molecule has 1 aromatic rings. The maximum atomic E-state index is 7.71. The van der Waals surface area contributed by atoms with E-state index in [1.807, 2.05) is 19.9 Å². The number of nitrogens with one attached hydrogen (secondary N) is 1. The molecular formula is C15H18N4O. The second kappa shape index (κ2) is 5.21. The fraction of sp³-hybridized carbons (Fsp3) is 0.200. The lowest BCUT2D eigenvalue weighted by Crippen LogP contribution is -2.17. The first-order chi connectivity index (χ1) is 9.42. The van der Waals surface area contributed by atoms with Gasteiger partial charge in [-0.15, -0.1) is 0 Å². The molecule has 1 aliphatic carbocycles. The topological polar surface area (TPSA) is 97.5 Å². The Morgan fingerprint density at radius 2 is 1.85 bits per heavy atom. The van der Waals surface area contributed by atoms with Gasteiger partial charge >= 0.3 is 0 Å². The number of allylic oxidation sites excluding steroid dienone is 3. The molecule has 0 spiro atoms. The van der Waals surface area contributed by atoms with Gasteiger partial charge in [0.05, 0.1) is 24.2 Å². The minimum Gasteiger partial charge on any atom is -0.494 e. The van der Waals surface area contributed by atoms with Gasteiger partial charge in [0, 0.05) is 11.8 Å². The van der Waals surface area contributed by atoms with Crippen molar-refractivity contribution in [1.29, 1.82) is 5.41 Å². The Morgan fingerprint density at radius 3 is 2.50 bits per heavy atom. The summed E-state index contributed by atoms with van der Waals surface area (Å²) in [6, 6.07) is 3.60. The van der Waals surface area contributed by atoms with Gasteiger partial charge in [0.15, 0.2) is 0 Å². The van der Waals surface area contributed by atoms with Crippen molar-refractivity contribution in [3.05, 3.63) is 41.1 Å². The van der Waals surface area contributed by atoms with Crippen LogP contribution in [0.2, 0.25) is 0 Å². The zero-order valence-corrected chi connectivity index (χ0v) is 11.8. The van der Waals surface area contributed by atoms with Crippen molar-refractivity contribution < 1.29 is 4.74 Å². The van der Waals surface area contributed by atoms with Crippen LogP contribution in [0.3, 0.4) is 0 Å². The molecule has 20 heavy (non-hydrogen) atoms. The molecule has 0 aromatic heterocycles. The van der Waals surface area contributed by atoms with E-state index in [1.54, 1.807) is 25.3 Å². The number of nitrogens with two attached hydrogens (primary N) is 2. The number of rotatable bonds is 2. The normalized spacial score (nSPS) is 16.9. The van der Waals surface area contributed by atoms with Gasteiger partial charge in [-0.25, -0.2) is 4.99 Å². The molecule has 104 valence electrons. The maximum Gasteiger partial charge on any atom is 0.146 e. The molecule has 1 aliphatic rings. The maximum absolute atomic E-state index is 7.71. The zero-order valence-electron chi connectivity index (χ0n) is 11.8. The van der Waals surface area contributed by atoms with Crippen molar-refractivity contribution >= 4 is 22.8 Å². The molecule has 5 heteroatoms. The molecule has 0 unspecified atom stereocenters. The van der Waals surface area contributed by atoms with Crippen LogP contribution in [0.15, 0.2) is 40.5 Å². The third-order valence-electron chi connectivity index (χ3n) is 3.18. The highest BCUT2D eigenvalue weighted by atomic mass is 16.5. The van der Waals surface area contributed by atoms with E-state index >= 15 is 0 Å². The highest BCUT2D eigenvalue weighted by Crippen LogP contribution is 2.32. The number of nitrogen functional groups attached to an aromatic ring is 1. The summed E-state index contributed by atoms with van der Waals surface area (Å²) in [7, 11) is 1.57. The summed E-state index contributed by atoms with van der Waals surface area (Å²) >= 11 is 0. The van der Waals surface area contributed by atoms with Gasteiger partial charge < -0.3 is 21.6 Å². The molecule has 0 heterocycles. The van der Waals surface area contributed by atoms with E-state index < -0.39 is 0 Å². The Hall–Kier alpha value is -2.56. The van der Waals surface area contributed by atoms with Crippen molar-refractivity contribution in [2.45, 2.75) is 13.8 Å². The number of ether oxygens (including phenoxy) is 1. The zero-order chi connectivity index (χ0) is 14.9. The summed E-state index contributed by atoms with van der Waals surface area (Å²) in [6.07, 6.45) is 3.40. The van der Waals surface area contributed by atoms with Crippen molar-refractivity contribution in [3.63, 3.8) is 0 Å². The van der Waals surface area contributed by atoms with Crippen LogP contribution in [0, 0.1) is 12.3 Å². The lowest BCUT2D eigenvalue weighted by Gasteiger charge is -2.13. The first kappa shape index (κ1) is 13.9. The fourth-order valence-corrected chi connectivity index (χ4v) is 1.88. The van der Waals surface area contributed by atoms with Crippen LogP contribution in [0.25, 0.3) is 0 Å². The van der Waals surface area contributed by atoms with Gasteiger partial charge in [-0.2, -0.15) is 0 Å². The smallest absolute Gasteiger partial charge is 0.146 e. The summed E-state index contributed by atoms with van der Waals surface area (Å²) in [4.78, 5) is 4.53. The number of hydrogen-bond acceptors (Lipinski definition) is 5. The molecular weight excluding hydrogens is 252 g/mol. The summed E-state index contributed by atoms with van der Waals surface area (Å²) in [5.41, 5.74) is 16.4. The minimum absolute atomic E-state index is 0.405. The van der Waals surface area contributed by atoms with E-state index in [0.29, 0.717) is 34.2 Å². The highest BCUT2D eigenvalue weighted by molar-refractivity contribution is 6.22. The van der Waals surface area contributed by atoms with Crippen molar-refractivity contribution in [2.75, 3.05) is 12.8 Å². The molecule has 0 atom stereocenters. The first-order valence-electron chi connectivity index (χ1n) is 6.20. The quantitative estimate of drug-likeness (QED) is 0.568. The van der Waals surface area contributed by atoms with Gasteiger partial charge in [-0.3, -0.25) is 0 Å². The van der Waals surface area contributed by atoms with Crippen LogP contribution in [-0.4, -0.2) is 18.5 Å². The van der Waals surface area contributed by atoms with Crippen LogP contribution in [0.1, 0.15) is 12.5 Å². The third-order valence-corrected chi connectivity index (χ3v) is 3.18. The molecule has 0 saturated heterocycles. The van der Waals surface area contributed by atoms with Crippen molar-refractivity contribution in [1.82, 2.24) is 0 Å². The minimum atomic E-state index is 0.405. The van der Waals surface area contributed by atoms with Crippen LogP contribution < -0.4 is 16.2 Å².